The molecule has 158 valence electrons. The molecule has 0 aliphatic carbocycles. The van der Waals surface area contributed by atoms with E-state index in [-0.39, 0.29) is 5.91 Å². The quantitative estimate of drug-likeness (QED) is 0.496. The highest BCUT2D eigenvalue weighted by Gasteiger charge is 2.14. The lowest BCUT2D eigenvalue weighted by Gasteiger charge is -2.25. The summed E-state index contributed by atoms with van der Waals surface area (Å²) in [5.41, 5.74) is 4.37. The van der Waals surface area contributed by atoms with Crippen LogP contribution in [-0.4, -0.2) is 68.8 Å². The van der Waals surface area contributed by atoms with Crippen molar-refractivity contribution >= 4 is 16.8 Å². The first-order valence-corrected chi connectivity index (χ1v) is 10.3. The fraction of sp³-hybridized carbons (Fsp3) is 0.273. The molecule has 1 fully saturated rings. The fourth-order valence-electron chi connectivity index (χ4n) is 3.64. The van der Waals surface area contributed by atoms with Crippen LogP contribution in [-0.2, 0) is 16.1 Å². The molecular formula is C22H23N7O2. The summed E-state index contributed by atoms with van der Waals surface area (Å²) in [5.74, 6) is 0.0260. The van der Waals surface area contributed by atoms with Crippen LogP contribution in [0, 0.1) is 0 Å². The molecule has 2 N–H and O–H groups in total. The molecule has 5 rings (SSSR count). The third kappa shape index (κ3) is 4.32. The number of hydrogen-bond donors (Lipinski definition) is 2. The van der Waals surface area contributed by atoms with Crippen LogP contribution in [0.4, 0.5) is 0 Å². The summed E-state index contributed by atoms with van der Waals surface area (Å²) < 4.78 is 7.03. The van der Waals surface area contributed by atoms with Crippen molar-refractivity contribution in [1.29, 1.82) is 0 Å². The van der Waals surface area contributed by atoms with Gasteiger partial charge in [-0.15, -0.1) is 5.10 Å². The van der Waals surface area contributed by atoms with Gasteiger partial charge in [0.05, 0.1) is 37.2 Å². The number of morpholine rings is 1. The average Bonchev–Trinajstić information content (AvgIpc) is 3.46. The smallest absolute Gasteiger partial charge is 0.234 e. The largest absolute Gasteiger partial charge is 0.379 e. The van der Waals surface area contributed by atoms with Crippen molar-refractivity contribution in [1.82, 2.24) is 35.4 Å². The number of para-hydroxylation sites is 1. The first-order chi connectivity index (χ1) is 15.3. The summed E-state index contributed by atoms with van der Waals surface area (Å²) >= 11 is 0. The predicted molar refractivity (Wildman–Crippen MR) is 116 cm³/mol. The number of H-pyrrole nitrogens is 1. The van der Waals surface area contributed by atoms with Crippen LogP contribution in [0.3, 0.4) is 0 Å². The first-order valence-electron chi connectivity index (χ1n) is 10.3. The third-order valence-electron chi connectivity index (χ3n) is 5.37. The van der Waals surface area contributed by atoms with Crippen LogP contribution in [0.25, 0.3) is 28.0 Å². The van der Waals surface area contributed by atoms with Gasteiger partial charge in [0.15, 0.2) is 0 Å². The molecule has 2 aromatic heterocycles. The lowest BCUT2D eigenvalue weighted by Crippen LogP contribution is -2.43. The van der Waals surface area contributed by atoms with Gasteiger partial charge in [0.2, 0.25) is 5.91 Å². The van der Waals surface area contributed by atoms with Gasteiger partial charge in [0.25, 0.3) is 0 Å². The molecule has 3 heterocycles. The van der Waals surface area contributed by atoms with E-state index >= 15 is 0 Å². The number of carbonyl (C=O) groups is 1. The Morgan fingerprint density at radius 1 is 1.10 bits per heavy atom. The number of aromatic amines is 1. The van der Waals surface area contributed by atoms with Crippen molar-refractivity contribution in [3.63, 3.8) is 0 Å². The second-order valence-corrected chi connectivity index (χ2v) is 7.50. The Morgan fingerprint density at radius 3 is 2.74 bits per heavy atom. The zero-order valence-electron chi connectivity index (χ0n) is 17.0. The van der Waals surface area contributed by atoms with Gasteiger partial charge < -0.3 is 10.1 Å². The number of fused-ring (bicyclic) bond motifs is 1. The number of nitrogens with zero attached hydrogens (tertiary/aromatic N) is 5. The number of nitrogens with one attached hydrogen (secondary N) is 2. The SMILES string of the molecule is O=C(CN1CCOCC1)NCc1ccc(-n2cc(-c3n[nH]c4ccccc34)nn2)cc1. The van der Waals surface area contributed by atoms with Crippen LogP contribution < -0.4 is 5.32 Å². The van der Waals surface area contributed by atoms with E-state index in [0.717, 1.165) is 40.9 Å². The maximum absolute atomic E-state index is 12.2. The number of carbonyl (C=O) groups excluding carboxylic acids is 1. The molecule has 9 nitrogen and oxygen atoms in total. The maximum atomic E-state index is 12.2. The number of benzene rings is 2. The Morgan fingerprint density at radius 2 is 1.90 bits per heavy atom. The topological polar surface area (TPSA) is 101 Å². The van der Waals surface area contributed by atoms with Crippen LogP contribution >= 0.6 is 0 Å². The fourth-order valence-corrected chi connectivity index (χ4v) is 3.64. The van der Waals surface area contributed by atoms with Gasteiger partial charge in [-0.2, -0.15) is 5.10 Å². The molecule has 4 aromatic rings. The van der Waals surface area contributed by atoms with Crippen LogP contribution in [0.2, 0.25) is 0 Å². The standard InChI is InChI=1S/C22H23N7O2/c30-21(15-28-9-11-31-12-10-28)23-13-16-5-7-17(8-6-16)29-14-20(25-27-29)22-18-3-1-2-4-19(18)24-26-22/h1-8,14H,9-13,15H2,(H,23,30)(H,24,26). The van der Waals surface area contributed by atoms with Crippen molar-refractivity contribution in [2.24, 2.45) is 0 Å². The zero-order valence-corrected chi connectivity index (χ0v) is 17.0. The van der Waals surface area contributed by atoms with Gasteiger partial charge in [-0.3, -0.25) is 14.8 Å². The van der Waals surface area contributed by atoms with Crippen molar-refractivity contribution in [2.45, 2.75) is 6.54 Å². The Labute approximate surface area is 179 Å². The predicted octanol–water partition coefficient (Wildman–Crippen LogP) is 1.76. The van der Waals surface area contributed by atoms with Crippen LogP contribution in [0.1, 0.15) is 5.56 Å². The molecule has 0 saturated carbocycles. The van der Waals surface area contributed by atoms with E-state index in [1.54, 1.807) is 4.68 Å². The monoisotopic (exact) mass is 417 g/mol. The van der Waals surface area contributed by atoms with Gasteiger partial charge in [0, 0.05) is 25.0 Å². The minimum Gasteiger partial charge on any atom is -0.379 e. The number of aromatic nitrogens is 5. The van der Waals surface area contributed by atoms with E-state index in [1.807, 2.05) is 54.7 Å². The van der Waals surface area contributed by atoms with Gasteiger partial charge in [0.1, 0.15) is 11.4 Å². The molecule has 0 unspecified atom stereocenters. The van der Waals surface area contributed by atoms with Crippen molar-refractivity contribution in [2.75, 3.05) is 32.8 Å². The molecule has 0 atom stereocenters. The molecule has 2 aromatic carbocycles. The Bertz CT molecular complexity index is 1180. The van der Waals surface area contributed by atoms with Crippen molar-refractivity contribution < 1.29 is 9.53 Å². The van der Waals surface area contributed by atoms with E-state index < -0.39 is 0 Å². The van der Waals surface area contributed by atoms with E-state index in [0.29, 0.717) is 32.0 Å². The minimum absolute atomic E-state index is 0.0260. The Kier molecular flexibility index (Phi) is 5.42. The molecule has 31 heavy (non-hydrogen) atoms. The first kappa shape index (κ1) is 19.4. The second-order valence-electron chi connectivity index (χ2n) is 7.50. The number of hydrogen-bond acceptors (Lipinski definition) is 6. The lowest BCUT2D eigenvalue weighted by atomic mass is 10.2. The Balaban J connectivity index is 1.22. The summed E-state index contributed by atoms with van der Waals surface area (Å²) in [4.78, 5) is 14.3. The molecule has 0 bridgehead atoms. The summed E-state index contributed by atoms with van der Waals surface area (Å²) in [5, 5.41) is 19.9. The molecule has 0 spiro atoms. The minimum atomic E-state index is 0.0260. The maximum Gasteiger partial charge on any atom is 0.234 e. The highest BCUT2D eigenvalue weighted by atomic mass is 16.5. The highest BCUT2D eigenvalue weighted by molar-refractivity contribution is 5.91. The summed E-state index contributed by atoms with van der Waals surface area (Å²) in [6.07, 6.45) is 1.86. The summed E-state index contributed by atoms with van der Waals surface area (Å²) in [7, 11) is 0. The normalized spacial score (nSPS) is 14.7. The van der Waals surface area contributed by atoms with Gasteiger partial charge in [-0.25, -0.2) is 4.68 Å². The van der Waals surface area contributed by atoms with Gasteiger partial charge in [-0.05, 0) is 23.8 Å². The van der Waals surface area contributed by atoms with Crippen LogP contribution in [0.5, 0.6) is 0 Å². The average molecular weight is 417 g/mol. The van der Waals surface area contributed by atoms with Gasteiger partial charge in [-0.1, -0.05) is 35.5 Å². The van der Waals surface area contributed by atoms with E-state index in [9.17, 15) is 4.79 Å². The summed E-state index contributed by atoms with van der Waals surface area (Å²) in [6, 6.07) is 15.8. The molecule has 0 radical (unpaired) electrons. The number of amides is 1. The number of rotatable bonds is 6. The molecule has 9 heteroatoms. The molecular weight excluding hydrogens is 394 g/mol. The second kappa shape index (κ2) is 8.66. The summed E-state index contributed by atoms with van der Waals surface area (Å²) in [6.45, 7) is 3.88. The number of ether oxygens (including phenoxy) is 1. The van der Waals surface area contributed by atoms with Gasteiger partial charge >= 0.3 is 0 Å². The van der Waals surface area contributed by atoms with Crippen LogP contribution in [0.15, 0.2) is 54.7 Å². The van der Waals surface area contributed by atoms with E-state index in [4.69, 9.17) is 4.74 Å². The zero-order chi connectivity index (χ0) is 21.0. The lowest BCUT2D eigenvalue weighted by molar-refractivity contribution is -0.123. The highest BCUT2D eigenvalue weighted by Crippen LogP contribution is 2.24. The van der Waals surface area contributed by atoms with Crippen molar-refractivity contribution in [3.05, 3.63) is 60.3 Å². The third-order valence-corrected chi connectivity index (χ3v) is 5.37. The molecule has 1 aliphatic heterocycles. The Hall–Kier alpha value is -3.56. The molecule has 1 aliphatic rings. The molecule has 1 amide bonds. The van der Waals surface area contributed by atoms with Crippen molar-refractivity contribution in [3.8, 4) is 17.1 Å². The molecule has 1 saturated heterocycles. The van der Waals surface area contributed by atoms with E-state index in [2.05, 4.69) is 30.7 Å². The van der Waals surface area contributed by atoms with E-state index in [1.165, 1.54) is 0 Å².